The number of rotatable bonds is 0. The molecule has 0 aromatic carbocycles. The molecule has 27 heteroatoms. The van der Waals surface area contributed by atoms with Crippen LogP contribution in [0, 0.1) is 5.92 Å². The molecule has 422 valence electrons. The lowest BCUT2D eigenvalue weighted by molar-refractivity contribution is -0.127. The van der Waals surface area contributed by atoms with Gasteiger partial charge in [-0.1, -0.05) is 114 Å². The maximum Gasteiger partial charge on any atom is 0.414 e. The predicted molar refractivity (Wildman–Crippen MR) is 300 cm³/mol. The highest BCUT2D eigenvalue weighted by molar-refractivity contribution is 8.24. The molecule has 7 aliphatic heterocycles. The van der Waals surface area contributed by atoms with E-state index in [2.05, 4.69) is 43.5 Å². The van der Waals surface area contributed by atoms with Crippen LogP contribution in [0.5, 0.6) is 0 Å². The van der Waals surface area contributed by atoms with Crippen LogP contribution >= 0.6 is 60.2 Å². The van der Waals surface area contributed by atoms with Crippen LogP contribution < -0.4 is 31.9 Å². The van der Waals surface area contributed by atoms with Gasteiger partial charge in [-0.2, -0.15) is 0 Å². The second-order valence-corrected chi connectivity index (χ2v) is 18.9. The number of ketones is 5. The van der Waals surface area contributed by atoms with Crippen molar-refractivity contribution >= 4 is 150 Å². The third kappa shape index (κ3) is 31.3. The molecule has 73 heavy (non-hydrogen) atoms. The van der Waals surface area contributed by atoms with E-state index >= 15 is 0 Å². The lowest BCUT2D eigenvalue weighted by Crippen LogP contribution is -2.28. The molecule has 0 aromatic rings. The van der Waals surface area contributed by atoms with Crippen LogP contribution in [0.1, 0.15) is 147 Å². The Morgan fingerprint density at radius 1 is 0.507 bits per heavy atom. The second-order valence-electron chi connectivity index (χ2n) is 14.6. The van der Waals surface area contributed by atoms with Crippen LogP contribution in [-0.2, 0) is 57.4 Å². The number of thiocarbonyl (C=S) groups is 3. The Balaban J connectivity index is -0.000000109. The summed E-state index contributed by atoms with van der Waals surface area (Å²) in [5.41, 5.74) is 0. The highest BCUT2D eigenvalue weighted by Crippen LogP contribution is 2.18. The first-order valence-electron chi connectivity index (χ1n) is 19.6. The van der Waals surface area contributed by atoms with Gasteiger partial charge >= 0.3 is 12.1 Å². The Hall–Kier alpha value is -5.12. The molecular weight excluding hydrogens is 1050 g/mol. The van der Waals surface area contributed by atoms with Gasteiger partial charge in [0.05, 0.1) is 53.3 Å². The van der Waals surface area contributed by atoms with E-state index in [0.29, 0.717) is 33.6 Å². The summed E-state index contributed by atoms with van der Waals surface area (Å²) in [7, 11) is 1.65. The molecule has 6 N–H and O–H groups in total. The summed E-state index contributed by atoms with van der Waals surface area (Å²) in [6.07, 6.45) is -0.0301. The molecule has 8 unspecified atom stereocenters. The standard InChI is InChI=1S/C6H9NO2.C6H8O2.C5H7NOS.C5H6O2S.C4H6N2O2.C4H5NO3.C4H5NO2S.C4H5NOS2.8CH4/c1-4-5(8)3-6(9)7(4)2;1-4-2-5(7)3-6(4)8;1-3-4(7)2-5(8)6-3;1-3-4(6)2-5(8)7-3;1-2-3(7)6-4(8)5-2;3*1-2-3(6)5-4(7)8-2;;;;;;;;/h4H,3H2,1-2H3;4H,2-3H2,1H3;3H,2H2,1H3,(H,6,8);3H,2H2,1H3;2H,1H3,(H2,5,6,7,8);3*2H,1H3,(H,5,6,7);8*1H4. The Labute approximate surface area is 457 Å². The molecule has 0 aromatic heterocycles. The zero-order chi connectivity index (χ0) is 50.0. The molecule has 9 amide bonds. The third-order valence-electron chi connectivity index (χ3n) is 9.11. The second kappa shape index (κ2) is 40.3. The van der Waals surface area contributed by atoms with Gasteiger partial charge in [-0.3, -0.25) is 68.7 Å². The summed E-state index contributed by atoms with van der Waals surface area (Å²) >= 11 is 16.5. The van der Waals surface area contributed by atoms with Crippen LogP contribution in [-0.4, -0.2) is 143 Å². The van der Waals surface area contributed by atoms with Crippen LogP contribution in [0.4, 0.5) is 14.4 Å². The van der Waals surface area contributed by atoms with Crippen LogP contribution in [0.2, 0.25) is 0 Å². The SMILES string of the molecule is C.C.C.C.C.C.C.C.CC1C(=O)CC(=O)N1C.CC1CC(=O)CC1=O.CC1NC(=O)NC1=O.CC1NC(=S)CC1=O.CC1OC(=O)NC1=O.CC1OC(=S)CC1=O.CC1SC(=O)NC1=O.CC1SC(=S)NC1=O. The summed E-state index contributed by atoms with van der Waals surface area (Å²) in [5.74, 6) is -0.301. The summed E-state index contributed by atoms with van der Waals surface area (Å²) < 4.78 is 9.83. The van der Waals surface area contributed by atoms with Gasteiger partial charge in [-0.25, -0.2) is 9.59 Å². The van der Waals surface area contributed by atoms with Crippen LogP contribution in [0.3, 0.4) is 0 Å². The fraction of sp³-hybridized carbons (Fsp3) is 0.652. The Kier molecular flexibility index (Phi) is 46.7. The number of hydrogen-bond acceptors (Lipinski definition) is 20. The summed E-state index contributed by atoms with van der Waals surface area (Å²) in [5, 5.41) is 14.0. The van der Waals surface area contributed by atoms with E-state index in [1.165, 1.54) is 23.6 Å². The van der Waals surface area contributed by atoms with Crippen molar-refractivity contribution in [3.05, 3.63) is 0 Å². The molecule has 7 heterocycles. The zero-order valence-corrected chi connectivity index (χ0v) is 40.8. The first kappa shape index (κ1) is 84.7. The zero-order valence-electron chi connectivity index (χ0n) is 36.8. The van der Waals surface area contributed by atoms with E-state index in [1.54, 1.807) is 41.7 Å². The molecule has 8 rings (SSSR count). The molecule has 0 radical (unpaired) electrons. The minimum Gasteiger partial charge on any atom is -0.476 e. The fourth-order valence-corrected chi connectivity index (χ4v) is 7.31. The lowest BCUT2D eigenvalue weighted by Gasteiger charge is -2.11. The number of thioether (sulfide) groups is 2. The number of Topliss-reactive ketones (excluding diaryl/α,β-unsaturated/α-hetero) is 5. The average molecular weight is 1130 g/mol. The van der Waals surface area contributed by atoms with Gasteiger partial charge in [0.2, 0.25) is 23.6 Å². The van der Waals surface area contributed by atoms with E-state index in [0.717, 1.165) is 11.8 Å². The van der Waals surface area contributed by atoms with Crippen molar-refractivity contribution in [2.24, 2.45) is 5.92 Å². The van der Waals surface area contributed by atoms with Gasteiger partial charge in [-0.15, -0.1) is 0 Å². The molecular formula is C46H83N7O15S5. The normalized spacial score (nSPS) is 25.1. The van der Waals surface area contributed by atoms with E-state index in [1.807, 2.05) is 19.2 Å². The topological polar surface area (TPSA) is 316 Å². The smallest absolute Gasteiger partial charge is 0.414 e. The number of cyclic esters (lactones) is 1. The van der Waals surface area contributed by atoms with Crippen molar-refractivity contribution in [3.63, 3.8) is 0 Å². The Morgan fingerprint density at radius 2 is 1.03 bits per heavy atom. The number of amides is 9. The highest BCUT2D eigenvalue weighted by Gasteiger charge is 2.32. The van der Waals surface area contributed by atoms with Gasteiger partial charge in [0.1, 0.15) is 21.9 Å². The highest BCUT2D eigenvalue weighted by atomic mass is 32.2. The molecule has 1 saturated carbocycles. The number of nitrogens with zero attached hydrogens (tertiary/aromatic N) is 1. The molecule has 1 aliphatic carbocycles. The largest absolute Gasteiger partial charge is 0.476 e. The van der Waals surface area contributed by atoms with Crippen molar-refractivity contribution in [1.29, 1.82) is 0 Å². The van der Waals surface area contributed by atoms with Crippen molar-refractivity contribution in [3.8, 4) is 0 Å². The molecule has 0 spiro atoms. The number of nitrogens with one attached hydrogen (secondary N) is 6. The van der Waals surface area contributed by atoms with Gasteiger partial charge < -0.3 is 30.3 Å². The quantitative estimate of drug-likeness (QED) is 0.0901. The number of likely N-dealkylation sites (tertiary alicyclic amines) is 1. The van der Waals surface area contributed by atoms with Gasteiger partial charge in [0, 0.05) is 19.4 Å². The van der Waals surface area contributed by atoms with Gasteiger partial charge in [-0.05, 0) is 60.7 Å². The number of alkyl carbamates (subject to hydrolysis) is 1. The maximum absolute atomic E-state index is 10.7. The number of carbonyl (C=O) groups excluding carboxylic acids is 13. The number of ether oxygens (including phenoxy) is 2. The van der Waals surface area contributed by atoms with Crippen molar-refractivity contribution in [1.82, 2.24) is 36.8 Å². The maximum atomic E-state index is 10.7. The Morgan fingerprint density at radius 3 is 1.14 bits per heavy atom. The third-order valence-corrected chi connectivity index (χ3v) is 11.8. The minimum atomic E-state index is -0.650. The average Bonchev–Trinajstić information content (AvgIpc) is 4.06. The van der Waals surface area contributed by atoms with Crippen LogP contribution in [0.25, 0.3) is 0 Å². The first-order chi connectivity index (χ1) is 30.0. The van der Waals surface area contributed by atoms with E-state index < -0.39 is 18.2 Å². The molecule has 8 aliphatic rings. The van der Waals surface area contributed by atoms with E-state index in [-0.39, 0.29) is 177 Å². The summed E-state index contributed by atoms with van der Waals surface area (Å²) in [4.78, 5) is 138. The van der Waals surface area contributed by atoms with Gasteiger partial charge in [0.25, 0.3) is 11.1 Å². The van der Waals surface area contributed by atoms with Crippen molar-refractivity contribution in [2.45, 2.75) is 188 Å². The summed E-state index contributed by atoms with van der Waals surface area (Å²) in [6.45, 7) is 13.7. The number of likely N-dealkylation sites (N-methyl/N-ethyl adjacent to an activating group) is 1. The monoisotopic (exact) mass is 1130 g/mol. The number of imide groups is 3. The fourth-order valence-electron chi connectivity index (χ4n) is 4.88. The van der Waals surface area contributed by atoms with Crippen molar-refractivity contribution < 1.29 is 71.8 Å². The molecule has 0 bridgehead atoms. The molecule has 8 fully saturated rings. The number of urea groups is 1. The van der Waals surface area contributed by atoms with Gasteiger partial charge in [0.15, 0.2) is 34.6 Å². The lowest BCUT2D eigenvalue weighted by atomic mass is 10.1. The number of hydrogen-bond donors (Lipinski definition) is 6. The minimum absolute atomic E-state index is 0. The van der Waals surface area contributed by atoms with E-state index in [9.17, 15) is 62.3 Å². The summed E-state index contributed by atoms with van der Waals surface area (Å²) in [6, 6.07) is -0.995. The molecule has 22 nitrogen and oxygen atoms in total. The van der Waals surface area contributed by atoms with Crippen LogP contribution in [0.15, 0.2) is 0 Å². The predicted octanol–water partition coefficient (Wildman–Crippen LogP) is 6.14. The van der Waals surface area contributed by atoms with E-state index in [4.69, 9.17) is 29.2 Å². The number of carbonyl (C=O) groups is 13. The Bertz CT molecular complexity index is 1650. The molecule has 7 saturated heterocycles. The molecule has 8 atom stereocenters. The first-order valence-corrected chi connectivity index (χ1v) is 22.5. The van der Waals surface area contributed by atoms with Crippen molar-refractivity contribution in [2.75, 3.05) is 7.05 Å².